The van der Waals surface area contributed by atoms with Crippen molar-refractivity contribution in [1.82, 2.24) is 19.1 Å². The number of aryl methyl sites for hydroxylation is 2. The summed E-state index contributed by atoms with van der Waals surface area (Å²) in [4.78, 5) is 31.4. The van der Waals surface area contributed by atoms with Crippen LogP contribution in [0.5, 0.6) is 0 Å². The summed E-state index contributed by atoms with van der Waals surface area (Å²) in [5, 5.41) is 1.48. The smallest absolute Gasteiger partial charge is 0.313 e. The number of aromatic nitrogens is 4. The summed E-state index contributed by atoms with van der Waals surface area (Å²) in [6.45, 7) is 4.81. The summed E-state index contributed by atoms with van der Waals surface area (Å²) in [7, 11) is 1.63. The first-order valence-electron chi connectivity index (χ1n) is 11.1. The summed E-state index contributed by atoms with van der Waals surface area (Å²) in [5.74, 6) is 0.669. The first kappa shape index (κ1) is 24.8. The molecule has 0 radical (unpaired) electrons. The summed E-state index contributed by atoms with van der Waals surface area (Å²) >= 11 is 7.46. The van der Waals surface area contributed by atoms with E-state index in [0.717, 1.165) is 29.6 Å². The van der Waals surface area contributed by atoms with Gasteiger partial charge in [-0.2, -0.15) is 0 Å². The molecule has 0 aliphatic carbocycles. The fraction of sp³-hybridized carbons (Fsp3) is 0.682. The molecule has 0 spiro atoms. The van der Waals surface area contributed by atoms with Crippen LogP contribution in [0.4, 0.5) is 0 Å². The van der Waals surface area contributed by atoms with Gasteiger partial charge < -0.3 is 4.57 Å². The highest BCUT2D eigenvalue weighted by Crippen LogP contribution is 2.23. The molecule has 0 saturated heterocycles. The third-order valence-corrected chi connectivity index (χ3v) is 6.34. The maximum Gasteiger partial charge on any atom is 0.329 e. The normalized spacial score (nSPS) is 12.2. The van der Waals surface area contributed by atoms with E-state index in [1.54, 1.807) is 7.05 Å². The van der Waals surface area contributed by atoms with Gasteiger partial charge in [-0.05, 0) is 13.3 Å². The Labute approximate surface area is 188 Å². The van der Waals surface area contributed by atoms with Crippen LogP contribution in [-0.4, -0.2) is 24.9 Å². The van der Waals surface area contributed by atoms with E-state index >= 15 is 0 Å². The number of nitrogens with zero attached hydrogens (tertiary/aromatic N) is 3. The number of aromatic amines is 1. The Bertz CT molecular complexity index is 941. The fourth-order valence-electron chi connectivity index (χ4n) is 3.52. The van der Waals surface area contributed by atoms with Crippen molar-refractivity contribution in [3.63, 3.8) is 0 Å². The number of thioether (sulfide) groups is 1. The standard InChI is InChI=1S/C22H35ClN4O2S/c1-4-5-6-7-8-9-10-11-12-13-15-27-18-19(26(3)21(29)25-20(18)28)24-22(27)30-16-14-17(2)23/h14H,4-13,15-16H2,1-3H3,(H,25,28,29). The molecular weight excluding hydrogens is 420 g/mol. The quantitative estimate of drug-likeness (QED) is 0.298. The molecule has 0 fully saturated rings. The molecule has 30 heavy (non-hydrogen) atoms. The van der Waals surface area contributed by atoms with Crippen molar-refractivity contribution in [2.24, 2.45) is 7.05 Å². The second-order valence-electron chi connectivity index (χ2n) is 7.82. The lowest BCUT2D eigenvalue weighted by molar-refractivity contribution is 0.527. The van der Waals surface area contributed by atoms with Gasteiger partial charge in [0.05, 0.1) is 0 Å². The third-order valence-electron chi connectivity index (χ3n) is 5.28. The van der Waals surface area contributed by atoms with Crippen LogP contribution in [0.1, 0.15) is 78.1 Å². The van der Waals surface area contributed by atoms with Crippen LogP contribution < -0.4 is 11.2 Å². The van der Waals surface area contributed by atoms with Gasteiger partial charge in [0.15, 0.2) is 16.3 Å². The van der Waals surface area contributed by atoms with Crippen LogP contribution >= 0.6 is 23.4 Å². The highest BCUT2D eigenvalue weighted by molar-refractivity contribution is 7.99. The van der Waals surface area contributed by atoms with Crippen LogP contribution in [0.3, 0.4) is 0 Å². The Balaban J connectivity index is 1.98. The number of nitrogens with one attached hydrogen (secondary N) is 1. The maximum absolute atomic E-state index is 12.5. The molecule has 0 bridgehead atoms. The molecule has 0 saturated carbocycles. The molecule has 168 valence electrons. The van der Waals surface area contributed by atoms with Gasteiger partial charge in [0.25, 0.3) is 5.56 Å². The zero-order chi connectivity index (χ0) is 21.9. The Morgan fingerprint density at radius 2 is 1.67 bits per heavy atom. The Hall–Kier alpha value is -1.47. The predicted octanol–water partition coefficient (Wildman–Crippen LogP) is 5.58. The molecule has 2 rings (SSSR count). The molecule has 8 heteroatoms. The summed E-state index contributed by atoms with van der Waals surface area (Å²) in [6.07, 6.45) is 14.5. The van der Waals surface area contributed by atoms with Gasteiger partial charge in [0.1, 0.15) is 0 Å². The molecule has 2 aromatic rings. The van der Waals surface area contributed by atoms with Gasteiger partial charge in [-0.3, -0.25) is 14.3 Å². The molecular formula is C22H35ClN4O2S. The van der Waals surface area contributed by atoms with Gasteiger partial charge >= 0.3 is 5.69 Å². The molecule has 2 aromatic heterocycles. The lowest BCUT2D eigenvalue weighted by Gasteiger charge is -2.08. The second kappa shape index (κ2) is 13.1. The van der Waals surface area contributed by atoms with Gasteiger partial charge in [-0.25, -0.2) is 9.78 Å². The highest BCUT2D eigenvalue weighted by atomic mass is 35.5. The van der Waals surface area contributed by atoms with Crippen molar-refractivity contribution in [1.29, 1.82) is 0 Å². The first-order chi connectivity index (χ1) is 14.5. The van der Waals surface area contributed by atoms with E-state index in [1.807, 2.05) is 17.6 Å². The van der Waals surface area contributed by atoms with Crippen molar-refractivity contribution in [2.45, 2.75) is 89.8 Å². The first-order valence-corrected chi connectivity index (χ1v) is 12.5. The van der Waals surface area contributed by atoms with Crippen molar-refractivity contribution in [3.05, 3.63) is 31.9 Å². The number of unbranched alkanes of at least 4 members (excludes halogenated alkanes) is 9. The van der Waals surface area contributed by atoms with Crippen molar-refractivity contribution in [2.75, 3.05) is 5.75 Å². The molecule has 0 amide bonds. The number of H-pyrrole nitrogens is 1. The van der Waals surface area contributed by atoms with Crippen LogP contribution in [0.2, 0.25) is 0 Å². The fourth-order valence-corrected chi connectivity index (χ4v) is 4.66. The van der Waals surface area contributed by atoms with E-state index in [4.69, 9.17) is 11.6 Å². The largest absolute Gasteiger partial charge is 0.329 e. The minimum atomic E-state index is -0.441. The van der Waals surface area contributed by atoms with E-state index in [9.17, 15) is 9.59 Å². The van der Waals surface area contributed by atoms with Crippen molar-refractivity contribution < 1.29 is 0 Å². The second-order valence-corrected chi connectivity index (χ2v) is 9.40. The molecule has 0 atom stereocenters. The number of hydrogen-bond acceptors (Lipinski definition) is 4. The third kappa shape index (κ3) is 7.34. The predicted molar refractivity (Wildman–Crippen MR) is 128 cm³/mol. The average molecular weight is 455 g/mol. The van der Waals surface area contributed by atoms with Gasteiger partial charge in [-0.1, -0.05) is 94.1 Å². The van der Waals surface area contributed by atoms with Crippen LogP contribution in [0, 0.1) is 0 Å². The van der Waals surface area contributed by atoms with Crippen molar-refractivity contribution >= 4 is 34.5 Å². The molecule has 1 N–H and O–H groups in total. The lowest BCUT2D eigenvalue weighted by Crippen LogP contribution is -2.29. The minimum Gasteiger partial charge on any atom is -0.313 e. The lowest BCUT2D eigenvalue weighted by atomic mass is 10.1. The monoisotopic (exact) mass is 454 g/mol. The van der Waals surface area contributed by atoms with Crippen LogP contribution in [0.15, 0.2) is 25.9 Å². The number of rotatable bonds is 14. The van der Waals surface area contributed by atoms with E-state index in [1.165, 1.54) is 67.7 Å². The van der Waals surface area contributed by atoms with Gasteiger partial charge in [0, 0.05) is 24.4 Å². The zero-order valence-corrected chi connectivity index (χ0v) is 20.1. The van der Waals surface area contributed by atoms with Crippen molar-refractivity contribution in [3.8, 4) is 0 Å². The van der Waals surface area contributed by atoms with Crippen LogP contribution in [-0.2, 0) is 13.6 Å². The topological polar surface area (TPSA) is 72.7 Å². The molecule has 6 nitrogen and oxygen atoms in total. The SMILES string of the molecule is CCCCCCCCCCCCn1c(SCC=C(C)Cl)nc2c1c(=O)[nH]c(=O)n2C. The number of hydrogen-bond donors (Lipinski definition) is 1. The Morgan fingerprint density at radius 1 is 1.07 bits per heavy atom. The maximum atomic E-state index is 12.5. The van der Waals surface area contributed by atoms with E-state index in [-0.39, 0.29) is 5.56 Å². The zero-order valence-electron chi connectivity index (χ0n) is 18.5. The number of imidazole rings is 1. The average Bonchev–Trinajstić information content (AvgIpc) is 3.06. The summed E-state index contributed by atoms with van der Waals surface area (Å²) in [6, 6.07) is 0. The van der Waals surface area contributed by atoms with Gasteiger partial charge in [-0.15, -0.1) is 0 Å². The van der Waals surface area contributed by atoms with Crippen LogP contribution in [0.25, 0.3) is 11.2 Å². The Kier molecular flexibility index (Phi) is 10.8. The van der Waals surface area contributed by atoms with E-state index in [0.29, 0.717) is 16.9 Å². The van der Waals surface area contributed by atoms with E-state index in [2.05, 4.69) is 16.9 Å². The number of halogens is 1. The van der Waals surface area contributed by atoms with Gasteiger partial charge in [0.2, 0.25) is 0 Å². The minimum absolute atomic E-state index is 0.372. The Morgan fingerprint density at radius 3 is 2.27 bits per heavy atom. The highest BCUT2D eigenvalue weighted by Gasteiger charge is 2.17. The molecule has 0 aliphatic heterocycles. The van der Waals surface area contributed by atoms with E-state index < -0.39 is 5.69 Å². The molecule has 2 heterocycles. The molecule has 0 aliphatic rings. The molecule has 0 unspecified atom stereocenters. The number of allylic oxidation sites excluding steroid dienone is 1. The summed E-state index contributed by atoms with van der Waals surface area (Å²) in [5.41, 5.74) is 0.0970. The summed E-state index contributed by atoms with van der Waals surface area (Å²) < 4.78 is 3.36. The molecule has 0 aromatic carbocycles. The number of fused-ring (bicyclic) bond motifs is 1.